The highest BCUT2D eigenvalue weighted by molar-refractivity contribution is 7.89. The Labute approximate surface area is 137 Å². The van der Waals surface area contributed by atoms with Crippen molar-refractivity contribution in [2.24, 2.45) is 0 Å². The lowest BCUT2D eigenvalue weighted by atomic mass is 10.0. The highest BCUT2D eigenvalue weighted by Crippen LogP contribution is 2.25. The Morgan fingerprint density at radius 1 is 1.09 bits per heavy atom. The van der Waals surface area contributed by atoms with Crippen LogP contribution < -0.4 is 10.0 Å². The van der Waals surface area contributed by atoms with Crippen LogP contribution in [0.15, 0.2) is 33.7 Å². The molecule has 2 aromatic rings. The Bertz CT molecular complexity index is 747. The van der Waals surface area contributed by atoms with E-state index in [9.17, 15) is 8.42 Å². The number of aromatic nitrogens is 1. The Morgan fingerprint density at radius 2 is 1.70 bits per heavy atom. The predicted molar refractivity (Wildman–Crippen MR) is 88.6 cm³/mol. The van der Waals surface area contributed by atoms with Crippen molar-refractivity contribution in [3.05, 3.63) is 46.8 Å². The highest BCUT2D eigenvalue weighted by atomic mass is 32.2. The van der Waals surface area contributed by atoms with E-state index < -0.39 is 10.0 Å². The molecule has 23 heavy (non-hydrogen) atoms. The third-order valence-electron chi connectivity index (χ3n) is 3.98. The summed E-state index contributed by atoms with van der Waals surface area (Å²) in [4.78, 5) is 0.259. The summed E-state index contributed by atoms with van der Waals surface area (Å²) in [6.07, 6.45) is 0. The van der Waals surface area contributed by atoms with Crippen molar-refractivity contribution in [2.45, 2.75) is 44.7 Å². The van der Waals surface area contributed by atoms with E-state index in [1.807, 2.05) is 32.9 Å². The van der Waals surface area contributed by atoms with Gasteiger partial charge in [-0.05, 0) is 52.4 Å². The van der Waals surface area contributed by atoms with Gasteiger partial charge in [-0.2, -0.15) is 0 Å². The second kappa shape index (κ2) is 6.82. The van der Waals surface area contributed by atoms with Gasteiger partial charge in [0.25, 0.3) is 0 Å². The van der Waals surface area contributed by atoms with Crippen LogP contribution in [0.4, 0.5) is 0 Å². The Morgan fingerprint density at radius 3 is 2.17 bits per heavy atom. The zero-order chi connectivity index (χ0) is 17.2. The van der Waals surface area contributed by atoms with Crippen molar-refractivity contribution in [3.8, 4) is 0 Å². The molecule has 0 spiro atoms. The summed E-state index contributed by atoms with van der Waals surface area (Å²) in [5.41, 5.74) is 2.95. The molecule has 6 nitrogen and oxygen atoms in total. The van der Waals surface area contributed by atoms with Crippen LogP contribution in [0.1, 0.15) is 48.5 Å². The van der Waals surface area contributed by atoms with Gasteiger partial charge in [-0.25, -0.2) is 13.1 Å². The van der Waals surface area contributed by atoms with Gasteiger partial charge in [0.05, 0.1) is 10.6 Å². The smallest absolute Gasteiger partial charge is 0.240 e. The lowest BCUT2D eigenvalue weighted by Crippen LogP contribution is -2.23. The van der Waals surface area contributed by atoms with Crippen molar-refractivity contribution in [3.63, 3.8) is 0 Å². The average molecular weight is 337 g/mol. The van der Waals surface area contributed by atoms with Gasteiger partial charge in [0.1, 0.15) is 5.76 Å². The number of sulfonamides is 1. The standard InChI is InChI=1S/C16H23N3O3S/c1-10(18-11(2)16-12(3)19-22-13(16)4)14-6-8-15(9-7-14)23(20,21)17-5/h6-11,17-18H,1-5H3/t10-,11+/m1/s1. The van der Waals surface area contributed by atoms with Crippen molar-refractivity contribution in [1.29, 1.82) is 0 Å². The van der Waals surface area contributed by atoms with Crippen LogP contribution in [0, 0.1) is 13.8 Å². The fourth-order valence-corrected chi connectivity index (χ4v) is 3.45. The van der Waals surface area contributed by atoms with Crippen molar-refractivity contribution >= 4 is 10.0 Å². The lowest BCUT2D eigenvalue weighted by molar-refractivity contribution is 0.389. The van der Waals surface area contributed by atoms with Crippen molar-refractivity contribution in [1.82, 2.24) is 15.2 Å². The van der Waals surface area contributed by atoms with Gasteiger partial charge < -0.3 is 9.84 Å². The van der Waals surface area contributed by atoms with Gasteiger partial charge in [-0.15, -0.1) is 0 Å². The molecule has 0 saturated heterocycles. The molecule has 1 aromatic carbocycles. The molecule has 0 aliphatic carbocycles. The molecule has 0 bridgehead atoms. The maximum atomic E-state index is 11.7. The molecule has 126 valence electrons. The molecule has 0 aliphatic heterocycles. The number of hydrogen-bond donors (Lipinski definition) is 2. The van der Waals surface area contributed by atoms with Gasteiger partial charge >= 0.3 is 0 Å². The molecule has 1 heterocycles. The first-order chi connectivity index (χ1) is 10.8. The summed E-state index contributed by atoms with van der Waals surface area (Å²) in [5, 5.41) is 7.46. The quantitative estimate of drug-likeness (QED) is 0.846. The number of benzene rings is 1. The normalized spacial score (nSPS) is 14.7. The van der Waals surface area contributed by atoms with Gasteiger partial charge in [0.15, 0.2) is 0 Å². The summed E-state index contributed by atoms with van der Waals surface area (Å²) < 4.78 is 31.0. The molecule has 7 heteroatoms. The van der Waals surface area contributed by atoms with E-state index in [1.54, 1.807) is 12.1 Å². The first kappa shape index (κ1) is 17.7. The molecule has 0 amide bonds. The predicted octanol–water partition coefficient (Wildman–Crippen LogP) is 2.61. The van der Waals surface area contributed by atoms with E-state index >= 15 is 0 Å². The van der Waals surface area contributed by atoms with Crippen LogP contribution in [0.5, 0.6) is 0 Å². The van der Waals surface area contributed by atoms with E-state index in [0.29, 0.717) is 0 Å². The summed E-state index contributed by atoms with van der Waals surface area (Å²) >= 11 is 0. The summed E-state index contributed by atoms with van der Waals surface area (Å²) in [6, 6.07) is 7.01. The molecule has 0 aliphatic rings. The summed E-state index contributed by atoms with van der Waals surface area (Å²) in [5.74, 6) is 0.810. The van der Waals surface area contributed by atoms with Gasteiger partial charge in [-0.3, -0.25) is 0 Å². The summed E-state index contributed by atoms with van der Waals surface area (Å²) in [6.45, 7) is 7.92. The number of nitrogens with one attached hydrogen (secondary N) is 2. The third-order valence-corrected chi connectivity index (χ3v) is 5.41. The topological polar surface area (TPSA) is 84.2 Å². The minimum atomic E-state index is -3.40. The number of aryl methyl sites for hydroxylation is 2. The zero-order valence-corrected chi connectivity index (χ0v) is 14.9. The first-order valence-corrected chi connectivity index (χ1v) is 8.97. The SMILES string of the molecule is CNS(=O)(=O)c1ccc([C@@H](C)N[C@@H](C)c2c(C)noc2C)cc1. The van der Waals surface area contributed by atoms with Crippen LogP contribution in [0.2, 0.25) is 0 Å². The Balaban J connectivity index is 2.14. The molecule has 0 radical (unpaired) electrons. The maximum Gasteiger partial charge on any atom is 0.240 e. The second-order valence-corrected chi connectivity index (χ2v) is 7.51. The lowest BCUT2D eigenvalue weighted by Gasteiger charge is -2.20. The van der Waals surface area contributed by atoms with Gasteiger partial charge in [-0.1, -0.05) is 17.3 Å². The fourth-order valence-electron chi connectivity index (χ4n) is 2.72. The average Bonchev–Trinajstić information content (AvgIpc) is 2.86. The molecule has 2 N–H and O–H groups in total. The Kier molecular flexibility index (Phi) is 5.23. The first-order valence-electron chi connectivity index (χ1n) is 7.48. The number of hydrogen-bond acceptors (Lipinski definition) is 5. The van der Waals surface area contributed by atoms with Gasteiger partial charge in [0.2, 0.25) is 10.0 Å². The van der Waals surface area contributed by atoms with E-state index in [2.05, 4.69) is 22.1 Å². The van der Waals surface area contributed by atoms with E-state index in [0.717, 1.165) is 22.6 Å². The van der Waals surface area contributed by atoms with Crippen molar-refractivity contribution in [2.75, 3.05) is 7.05 Å². The maximum absolute atomic E-state index is 11.7. The molecule has 0 unspecified atom stereocenters. The summed E-state index contributed by atoms with van der Waals surface area (Å²) in [7, 11) is -2.00. The minimum absolute atomic E-state index is 0.0602. The Hall–Kier alpha value is -1.70. The molecule has 2 rings (SSSR count). The fraction of sp³-hybridized carbons (Fsp3) is 0.438. The van der Waals surface area contributed by atoms with E-state index in [-0.39, 0.29) is 17.0 Å². The van der Waals surface area contributed by atoms with Crippen molar-refractivity contribution < 1.29 is 12.9 Å². The minimum Gasteiger partial charge on any atom is -0.361 e. The van der Waals surface area contributed by atoms with Crippen LogP contribution in [0.3, 0.4) is 0 Å². The number of nitrogens with zero attached hydrogens (tertiary/aromatic N) is 1. The van der Waals surface area contributed by atoms with Crippen LogP contribution in [0.25, 0.3) is 0 Å². The molecular weight excluding hydrogens is 314 g/mol. The van der Waals surface area contributed by atoms with Crippen LogP contribution in [-0.2, 0) is 10.0 Å². The third kappa shape index (κ3) is 3.80. The molecule has 2 atom stereocenters. The second-order valence-electron chi connectivity index (χ2n) is 5.62. The van der Waals surface area contributed by atoms with E-state index in [1.165, 1.54) is 7.05 Å². The monoisotopic (exact) mass is 337 g/mol. The van der Waals surface area contributed by atoms with Crippen LogP contribution >= 0.6 is 0 Å². The van der Waals surface area contributed by atoms with Crippen LogP contribution in [-0.4, -0.2) is 20.6 Å². The molecular formula is C16H23N3O3S. The molecule has 1 aromatic heterocycles. The van der Waals surface area contributed by atoms with E-state index in [4.69, 9.17) is 4.52 Å². The van der Waals surface area contributed by atoms with Gasteiger partial charge in [0, 0.05) is 17.6 Å². The highest BCUT2D eigenvalue weighted by Gasteiger charge is 2.19. The zero-order valence-electron chi connectivity index (χ0n) is 14.0. The molecule has 0 fully saturated rings. The molecule has 0 saturated carbocycles. The largest absolute Gasteiger partial charge is 0.361 e. The number of rotatable bonds is 6.